The van der Waals surface area contributed by atoms with Crippen LogP contribution in [-0.4, -0.2) is 12.7 Å². The fourth-order valence-electron chi connectivity index (χ4n) is 1.42. The Bertz CT molecular complexity index is 292. The molecular weight excluding hydrogens is 198 g/mol. The van der Waals surface area contributed by atoms with E-state index in [1.807, 2.05) is 12.1 Å². The molecule has 1 aromatic carbocycles. The molecule has 0 radical (unpaired) electrons. The van der Waals surface area contributed by atoms with Crippen molar-refractivity contribution in [1.29, 1.82) is 0 Å². The molecule has 16 heavy (non-hydrogen) atoms. The Kier molecular flexibility index (Phi) is 5.33. The van der Waals surface area contributed by atoms with Gasteiger partial charge < -0.3 is 10.5 Å². The van der Waals surface area contributed by atoms with Crippen LogP contribution in [0.25, 0.3) is 0 Å². The first kappa shape index (κ1) is 13.0. The number of benzene rings is 1. The van der Waals surface area contributed by atoms with E-state index in [1.54, 1.807) is 0 Å². The Morgan fingerprint density at radius 3 is 2.31 bits per heavy atom. The summed E-state index contributed by atoms with van der Waals surface area (Å²) in [7, 11) is 0. The number of hydrogen-bond acceptors (Lipinski definition) is 2. The highest BCUT2D eigenvalue weighted by atomic mass is 16.5. The van der Waals surface area contributed by atoms with Crippen LogP contribution in [0.5, 0.6) is 0 Å². The van der Waals surface area contributed by atoms with Crippen molar-refractivity contribution in [2.75, 3.05) is 12.3 Å². The molecule has 1 unspecified atom stereocenters. The molecule has 90 valence electrons. The predicted octanol–water partition coefficient (Wildman–Crippen LogP) is 3.26. The molecule has 2 N–H and O–H groups in total. The molecule has 0 heterocycles. The fraction of sp³-hybridized carbons (Fsp3) is 0.571. The maximum absolute atomic E-state index is 5.72. The van der Waals surface area contributed by atoms with Crippen molar-refractivity contribution in [2.24, 2.45) is 5.92 Å². The minimum atomic E-state index is 0.353. The van der Waals surface area contributed by atoms with E-state index in [-0.39, 0.29) is 0 Å². The molecule has 0 saturated heterocycles. The summed E-state index contributed by atoms with van der Waals surface area (Å²) in [5.74, 6) is 0.594. The first-order chi connectivity index (χ1) is 7.59. The van der Waals surface area contributed by atoms with Crippen LogP contribution in [0, 0.1) is 5.92 Å². The molecule has 1 rings (SSSR count). The Morgan fingerprint density at radius 1 is 1.12 bits per heavy atom. The van der Waals surface area contributed by atoms with E-state index >= 15 is 0 Å². The number of aryl methyl sites for hydroxylation is 1. The molecule has 0 amide bonds. The topological polar surface area (TPSA) is 35.2 Å². The first-order valence-electron chi connectivity index (χ1n) is 6.05. The van der Waals surface area contributed by atoms with Gasteiger partial charge in [0.1, 0.15) is 0 Å². The van der Waals surface area contributed by atoms with Crippen LogP contribution in [-0.2, 0) is 11.2 Å². The lowest BCUT2D eigenvalue weighted by molar-refractivity contribution is 0.0342. The lowest BCUT2D eigenvalue weighted by Gasteiger charge is -2.16. The molecule has 0 aliphatic heterocycles. The SMILES string of the molecule is CC(C)C(C)OCCCc1ccc(N)cc1. The zero-order valence-electron chi connectivity index (χ0n) is 10.6. The van der Waals surface area contributed by atoms with Gasteiger partial charge in [-0.15, -0.1) is 0 Å². The van der Waals surface area contributed by atoms with Gasteiger partial charge in [-0.25, -0.2) is 0 Å². The number of nitrogen functional groups attached to an aromatic ring is 1. The van der Waals surface area contributed by atoms with Crippen LogP contribution < -0.4 is 5.73 Å². The monoisotopic (exact) mass is 221 g/mol. The Labute approximate surface area is 98.8 Å². The number of nitrogens with two attached hydrogens (primary N) is 1. The van der Waals surface area contributed by atoms with Crippen LogP contribution in [0.4, 0.5) is 5.69 Å². The molecule has 2 heteroatoms. The molecule has 0 aliphatic rings. The molecule has 1 atom stereocenters. The lowest BCUT2D eigenvalue weighted by Crippen LogP contribution is -2.16. The van der Waals surface area contributed by atoms with Gasteiger partial charge in [-0.05, 0) is 43.4 Å². The zero-order valence-corrected chi connectivity index (χ0v) is 10.6. The third-order valence-electron chi connectivity index (χ3n) is 2.91. The fourth-order valence-corrected chi connectivity index (χ4v) is 1.42. The molecule has 0 saturated carbocycles. The molecule has 0 aromatic heterocycles. The van der Waals surface area contributed by atoms with Crippen LogP contribution in [0.15, 0.2) is 24.3 Å². The van der Waals surface area contributed by atoms with Crippen molar-refractivity contribution in [3.8, 4) is 0 Å². The highest BCUT2D eigenvalue weighted by Crippen LogP contribution is 2.09. The maximum Gasteiger partial charge on any atom is 0.0569 e. The van der Waals surface area contributed by atoms with Gasteiger partial charge in [-0.1, -0.05) is 26.0 Å². The Balaban J connectivity index is 2.18. The molecule has 0 fully saturated rings. The second kappa shape index (κ2) is 6.54. The van der Waals surface area contributed by atoms with Gasteiger partial charge in [0, 0.05) is 12.3 Å². The first-order valence-corrected chi connectivity index (χ1v) is 6.05. The Morgan fingerprint density at radius 2 is 1.75 bits per heavy atom. The van der Waals surface area contributed by atoms with Gasteiger partial charge in [0.15, 0.2) is 0 Å². The van der Waals surface area contributed by atoms with Gasteiger partial charge in [0.2, 0.25) is 0 Å². The van der Waals surface area contributed by atoms with Crippen LogP contribution in [0.3, 0.4) is 0 Å². The number of ether oxygens (including phenoxy) is 1. The van der Waals surface area contributed by atoms with Crippen LogP contribution in [0.1, 0.15) is 32.8 Å². The van der Waals surface area contributed by atoms with Gasteiger partial charge in [-0.2, -0.15) is 0 Å². The predicted molar refractivity (Wildman–Crippen MR) is 69.4 cm³/mol. The minimum absolute atomic E-state index is 0.353. The minimum Gasteiger partial charge on any atom is -0.399 e. The van der Waals surface area contributed by atoms with E-state index in [0.29, 0.717) is 12.0 Å². The standard InChI is InChI=1S/C14H23NO/c1-11(2)12(3)16-10-4-5-13-6-8-14(15)9-7-13/h6-9,11-12H,4-5,10,15H2,1-3H3. The average Bonchev–Trinajstić information content (AvgIpc) is 2.26. The van der Waals surface area contributed by atoms with Crippen molar-refractivity contribution in [2.45, 2.75) is 39.7 Å². The molecule has 2 nitrogen and oxygen atoms in total. The van der Waals surface area contributed by atoms with E-state index in [4.69, 9.17) is 10.5 Å². The van der Waals surface area contributed by atoms with Crippen molar-refractivity contribution in [3.63, 3.8) is 0 Å². The van der Waals surface area contributed by atoms with Gasteiger partial charge in [0.05, 0.1) is 6.10 Å². The van der Waals surface area contributed by atoms with Gasteiger partial charge in [-0.3, -0.25) is 0 Å². The highest BCUT2D eigenvalue weighted by molar-refractivity contribution is 5.39. The second-order valence-corrected chi connectivity index (χ2v) is 4.67. The normalized spacial score (nSPS) is 13.0. The molecule has 0 spiro atoms. The van der Waals surface area contributed by atoms with Gasteiger partial charge in [0.25, 0.3) is 0 Å². The molecule has 0 aliphatic carbocycles. The second-order valence-electron chi connectivity index (χ2n) is 4.67. The third-order valence-corrected chi connectivity index (χ3v) is 2.91. The average molecular weight is 221 g/mol. The van der Waals surface area contributed by atoms with Crippen molar-refractivity contribution in [3.05, 3.63) is 29.8 Å². The Hall–Kier alpha value is -1.02. The molecule has 1 aromatic rings. The van der Waals surface area contributed by atoms with E-state index in [1.165, 1.54) is 5.56 Å². The zero-order chi connectivity index (χ0) is 12.0. The highest BCUT2D eigenvalue weighted by Gasteiger charge is 2.06. The van der Waals surface area contributed by atoms with E-state index < -0.39 is 0 Å². The maximum atomic E-state index is 5.72. The summed E-state index contributed by atoms with van der Waals surface area (Å²) in [5.41, 5.74) is 7.79. The largest absolute Gasteiger partial charge is 0.399 e. The lowest BCUT2D eigenvalue weighted by atomic mass is 10.1. The summed E-state index contributed by atoms with van der Waals surface area (Å²) in [6.07, 6.45) is 2.48. The summed E-state index contributed by atoms with van der Waals surface area (Å²) in [6.45, 7) is 7.34. The summed E-state index contributed by atoms with van der Waals surface area (Å²) < 4.78 is 5.72. The molecular formula is C14H23NO. The smallest absolute Gasteiger partial charge is 0.0569 e. The van der Waals surface area contributed by atoms with Crippen LogP contribution in [0.2, 0.25) is 0 Å². The van der Waals surface area contributed by atoms with Crippen LogP contribution >= 0.6 is 0 Å². The summed E-state index contributed by atoms with van der Waals surface area (Å²) in [6, 6.07) is 8.07. The summed E-state index contributed by atoms with van der Waals surface area (Å²) in [4.78, 5) is 0. The van der Waals surface area contributed by atoms with Gasteiger partial charge >= 0.3 is 0 Å². The van der Waals surface area contributed by atoms with E-state index in [0.717, 1.165) is 25.1 Å². The number of hydrogen-bond donors (Lipinski definition) is 1. The molecule has 0 bridgehead atoms. The quantitative estimate of drug-likeness (QED) is 0.591. The van der Waals surface area contributed by atoms with Crippen molar-refractivity contribution in [1.82, 2.24) is 0 Å². The van der Waals surface area contributed by atoms with E-state index in [2.05, 4.69) is 32.9 Å². The summed E-state index contributed by atoms with van der Waals surface area (Å²) >= 11 is 0. The van der Waals surface area contributed by atoms with Crippen molar-refractivity contribution < 1.29 is 4.74 Å². The number of rotatable bonds is 6. The summed E-state index contributed by atoms with van der Waals surface area (Å²) in [5, 5.41) is 0. The third kappa shape index (κ3) is 4.67. The van der Waals surface area contributed by atoms with E-state index in [9.17, 15) is 0 Å². The number of anilines is 1. The van der Waals surface area contributed by atoms with Crippen molar-refractivity contribution >= 4 is 5.69 Å².